The number of rotatable bonds is 4. The molecule has 0 unspecified atom stereocenters. The number of nitrogen functional groups attached to an aromatic ring is 1. The van der Waals surface area contributed by atoms with E-state index in [4.69, 9.17) is 15.2 Å². The molecule has 4 nitrogen and oxygen atoms in total. The smallest absolute Gasteiger partial charge is 0.168 e. The van der Waals surface area contributed by atoms with Crippen molar-refractivity contribution in [3.63, 3.8) is 0 Å². The van der Waals surface area contributed by atoms with Crippen LogP contribution in [0, 0.1) is 0 Å². The van der Waals surface area contributed by atoms with Crippen LogP contribution in [0.25, 0.3) is 11.1 Å². The number of methoxy groups -OCH3 is 2. The van der Waals surface area contributed by atoms with E-state index in [9.17, 15) is 4.79 Å². The highest BCUT2D eigenvalue weighted by molar-refractivity contribution is 5.84. The maximum absolute atomic E-state index is 11.0. The number of carbonyl (C=O) groups excluding carboxylic acids is 1. The summed E-state index contributed by atoms with van der Waals surface area (Å²) in [5.41, 5.74) is 8.59. The lowest BCUT2D eigenvalue weighted by atomic mass is 10.0. The molecule has 19 heavy (non-hydrogen) atoms. The lowest BCUT2D eigenvalue weighted by molar-refractivity contribution is 0.112. The number of nitrogens with two attached hydrogens (primary N) is 1. The van der Waals surface area contributed by atoms with Crippen molar-refractivity contribution in [2.75, 3.05) is 20.0 Å². The lowest BCUT2D eigenvalue weighted by Gasteiger charge is -2.14. The molecule has 0 aliphatic rings. The molecule has 0 atom stereocenters. The first kappa shape index (κ1) is 13.0. The van der Waals surface area contributed by atoms with E-state index in [2.05, 4.69) is 0 Å². The van der Waals surface area contributed by atoms with Crippen LogP contribution < -0.4 is 15.2 Å². The molecule has 0 radical (unpaired) electrons. The van der Waals surface area contributed by atoms with E-state index in [-0.39, 0.29) is 0 Å². The Morgan fingerprint density at radius 2 is 1.74 bits per heavy atom. The van der Waals surface area contributed by atoms with Gasteiger partial charge in [-0.25, -0.2) is 0 Å². The van der Waals surface area contributed by atoms with E-state index >= 15 is 0 Å². The van der Waals surface area contributed by atoms with Crippen LogP contribution in [-0.4, -0.2) is 20.5 Å². The Kier molecular flexibility index (Phi) is 3.71. The van der Waals surface area contributed by atoms with Crippen LogP contribution in [-0.2, 0) is 0 Å². The van der Waals surface area contributed by atoms with E-state index in [0.717, 1.165) is 17.4 Å². The second-order valence-electron chi connectivity index (χ2n) is 4.04. The Bertz CT molecular complexity index is 591. The predicted octanol–water partition coefficient (Wildman–Crippen LogP) is 2.77. The minimum atomic E-state index is 0.527. The van der Waals surface area contributed by atoms with Crippen molar-refractivity contribution >= 4 is 12.0 Å². The van der Waals surface area contributed by atoms with Gasteiger partial charge in [-0.15, -0.1) is 0 Å². The number of ether oxygens (including phenoxy) is 2. The summed E-state index contributed by atoms with van der Waals surface area (Å²) in [5, 5.41) is 0. The normalized spacial score (nSPS) is 10.0. The average Bonchev–Trinajstić information content (AvgIpc) is 2.46. The standard InChI is InChI=1S/C15H15NO3/c1-18-14-8-10(9-17)7-13(15(14)19-2)11-3-5-12(16)6-4-11/h3-9H,16H2,1-2H3. The van der Waals surface area contributed by atoms with Crippen molar-refractivity contribution < 1.29 is 14.3 Å². The van der Waals surface area contributed by atoms with E-state index < -0.39 is 0 Å². The van der Waals surface area contributed by atoms with Gasteiger partial charge in [0.2, 0.25) is 0 Å². The molecular weight excluding hydrogens is 242 g/mol. The number of hydrogen-bond donors (Lipinski definition) is 1. The first-order valence-corrected chi connectivity index (χ1v) is 5.76. The third kappa shape index (κ3) is 2.52. The molecule has 0 heterocycles. The highest BCUT2D eigenvalue weighted by Gasteiger charge is 2.13. The number of carbonyl (C=O) groups is 1. The highest BCUT2D eigenvalue weighted by Crippen LogP contribution is 2.39. The first-order valence-electron chi connectivity index (χ1n) is 5.76. The molecule has 0 saturated carbocycles. The monoisotopic (exact) mass is 257 g/mol. The van der Waals surface area contributed by atoms with Gasteiger partial charge in [-0.05, 0) is 29.8 Å². The maximum Gasteiger partial charge on any atom is 0.168 e. The van der Waals surface area contributed by atoms with Gasteiger partial charge in [0.25, 0.3) is 0 Å². The van der Waals surface area contributed by atoms with Gasteiger partial charge >= 0.3 is 0 Å². The zero-order valence-electron chi connectivity index (χ0n) is 10.8. The quantitative estimate of drug-likeness (QED) is 0.675. The minimum Gasteiger partial charge on any atom is -0.493 e. The van der Waals surface area contributed by atoms with Crippen molar-refractivity contribution in [2.45, 2.75) is 0 Å². The van der Waals surface area contributed by atoms with E-state index in [1.165, 1.54) is 0 Å². The topological polar surface area (TPSA) is 61.5 Å². The van der Waals surface area contributed by atoms with Crippen molar-refractivity contribution in [2.24, 2.45) is 0 Å². The molecular formula is C15H15NO3. The summed E-state index contributed by atoms with van der Waals surface area (Å²) in [6.07, 6.45) is 0.781. The zero-order chi connectivity index (χ0) is 13.8. The molecule has 4 heteroatoms. The van der Waals surface area contributed by atoms with Gasteiger partial charge in [-0.3, -0.25) is 4.79 Å². The van der Waals surface area contributed by atoms with E-state index in [0.29, 0.717) is 22.7 Å². The molecule has 2 rings (SSSR count). The van der Waals surface area contributed by atoms with Crippen molar-refractivity contribution in [3.8, 4) is 22.6 Å². The summed E-state index contributed by atoms with van der Waals surface area (Å²) >= 11 is 0. The van der Waals surface area contributed by atoms with E-state index in [1.54, 1.807) is 38.5 Å². The van der Waals surface area contributed by atoms with E-state index in [1.807, 2.05) is 12.1 Å². The van der Waals surface area contributed by atoms with Crippen LogP contribution in [0.4, 0.5) is 5.69 Å². The summed E-state index contributed by atoms with van der Waals surface area (Å²) in [7, 11) is 3.11. The Morgan fingerprint density at radius 1 is 1.05 bits per heavy atom. The fourth-order valence-electron chi connectivity index (χ4n) is 1.93. The van der Waals surface area contributed by atoms with Crippen molar-refractivity contribution in [3.05, 3.63) is 42.0 Å². The highest BCUT2D eigenvalue weighted by atomic mass is 16.5. The van der Waals surface area contributed by atoms with Crippen molar-refractivity contribution in [1.82, 2.24) is 0 Å². The second kappa shape index (κ2) is 5.44. The minimum absolute atomic E-state index is 0.527. The Labute approximate surface area is 111 Å². The molecule has 0 fully saturated rings. The second-order valence-corrected chi connectivity index (χ2v) is 4.04. The third-order valence-corrected chi connectivity index (χ3v) is 2.86. The molecule has 0 spiro atoms. The zero-order valence-corrected chi connectivity index (χ0v) is 10.8. The van der Waals surface area contributed by atoms with Gasteiger partial charge < -0.3 is 15.2 Å². The summed E-state index contributed by atoms with van der Waals surface area (Å²) in [6, 6.07) is 10.8. The molecule has 0 saturated heterocycles. The van der Waals surface area contributed by atoms with Gasteiger partial charge in [0, 0.05) is 16.8 Å². The van der Waals surface area contributed by atoms with Gasteiger partial charge in [0.15, 0.2) is 11.5 Å². The molecule has 0 aliphatic heterocycles. The first-order chi connectivity index (χ1) is 9.19. The van der Waals surface area contributed by atoms with Gasteiger partial charge in [0.05, 0.1) is 14.2 Å². The Hall–Kier alpha value is -2.49. The lowest BCUT2D eigenvalue weighted by Crippen LogP contribution is -1.96. The van der Waals surface area contributed by atoms with Gasteiger partial charge in [-0.1, -0.05) is 12.1 Å². The number of hydrogen-bond acceptors (Lipinski definition) is 4. The summed E-state index contributed by atoms with van der Waals surface area (Å²) in [5.74, 6) is 1.12. The maximum atomic E-state index is 11.0. The summed E-state index contributed by atoms with van der Waals surface area (Å²) < 4.78 is 10.6. The fraction of sp³-hybridized carbons (Fsp3) is 0.133. The van der Waals surface area contributed by atoms with Crippen LogP contribution in [0.3, 0.4) is 0 Å². The fourth-order valence-corrected chi connectivity index (χ4v) is 1.93. The third-order valence-electron chi connectivity index (χ3n) is 2.86. The Morgan fingerprint density at radius 3 is 2.26 bits per heavy atom. The summed E-state index contributed by atoms with van der Waals surface area (Å²) in [6.45, 7) is 0. The van der Waals surface area contributed by atoms with Crippen LogP contribution in [0.15, 0.2) is 36.4 Å². The molecule has 2 N–H and O–H groups in total. The van der Waals surface area contributed by atoms with Gasteiger partial charge in [0.1, 0.15) is 6.29 Å². The average molecular weight is 257 g/mol. The predicted molar refractivity (Wildman–Crippen MR) is 74.8 cm³/mol. The molecule has 0 aromatic heterocycles. The number of aldehydes is 1. The van der Waals surface area contributed by atoms with Gasteiger partial charge in [-0.2, -0.15) is 0 Å². The molecule has 2 aromatic rings. The van der Waals surface area contributed by atoms with Crippen LogP contribution in [0.2, 0.25) is 0 Å². The molecule has 0 amide bonds. The van der Waals surface area contributed by atoms with Crippen LogP contribution in [0.1, 0.15) is 10.4 Å². The molecule has 0 aliphatic carbocycles. The number of benzene rings is 2. The molecule has 2 aromatic carbocycles. The summed E-state index contributed by atoms with van der Waals surface area (Å²) in [4.78, 5) is 11.0. The molecule has 0 bridgehead atoms. The largest absolute Gasteiger partial charge is 0.493 e. The van der Waals surface area contributed by atoms with Crippen LogP contribution >= 0.6 is 0 Å². The molecule has 98 valence electrons. The SMILES string of the molecule is COc1cc(C=O)cc(-c2ccc(N)cc2)c1OC. The van der Waals surface area contributed by atoms with Crippen LogP contribution in [0.5, 0.6) is 11.5 Å². The number of anilines is 1. The van der Waals surface area contributed by atoms with Crippen molar-refractivity contribution in [1.29, 1.82) is 0 Å². The Balaban J connectivity index is 2.65.